The monoisotopic (exact) mass is 378 g/mol. The van der Waals surface area contributed by atoms with Gasteiger partial charge in [0.05, 0.1) is 6.54 Å². The lowest BCUT2D eigenvalue weighted by atomic mass is 10.2. The predicted octanol–water partition coefficient (Wildman–Crippen LogP) is 3.01. The van der Waals surface area contributed by atoms with Gasteiger partial charge in [-0.2, -0.15) is 0 Å². The van der Waals surface area contributed by atoms with Crippen LogP contribution in [0.15, 0.2) is 20.0 Å². The summed E-state index contributed by atoms with van der Waals surface area (Å²) in [6.07, 6.45) is 5.63. The fourth-order valence-corrected chi connectivity index (χ4v) is 4.21. The van der Waals surface area contributed by atoms with E-state index in [4.69, 9.17) is 4.42 Å². The first-order valence-electron chi connectivity index (χ1n) is 7.51. The van der Waals surface area contributed by atoms with Crippen LogP contribution in [0.25, 0.3) is 0 Å². The molecular formula is C14H23BrN2O3S. The van der Waals surface area contributed by atoms with Crippen molar-refractivity contribution < 1.29 is 12.8 Å². The van der Waals surface area contributed by atoms with Crippen LogP contribution in [-0.4, -0.2) is 21.5 Å². The van der Waals surface area contributed by atoms with Crippen molar-refractivity contribution in [3.63, 3.8) is 0 Å². The summed E-state index contributed by atoms with van der Waals surface area (Å²) in [4.78, 5) is 0.183. The van der Waals surface area contributed by atoms with Crippen molar-refractivity contribution in [1.82, 2.24) is 10.0 Å². The molecule has 0 bridgehead atoms. The average molecular weight is 379 g/mol. The molecule has 0 unspecified atom stereocenters. The number of halogens is 1. The Bertz CT molecular complexity index is 553. The Kier molecular flexibility index (Phi) is 6.28. The van der Waals surface area contributed by atoms with E-state index >= 15 is 0 Å². The molecule has 1 aromatic heterocycles. The van der Waals surface area contributed by atoms with Crippen LogP contribution >= 0.6 is 15.9 Å². The maximum Gasteiger partial charge on any atom is 0.244 e. The summed E-state index contributed by atoms with van der Waals surface area (Å²) < 4.78 is 32.8. The average Bonchev–Trinajstić information content (AvgIpc) is 3.17. The molecule has 1 aliphatic carbocycles. The molecule has 1 heterocycles. The Morgan fingerprint density at radius 1 is 1.38 bits per heavy atom. The zero-order chi connectivity index (χ0) is 15.3. The van der Waals surface area contributed by atoms with Crippen molar-refractivity contribution in [2.75, 3.05) is 13.1 Å². The van der Waals surface area contributed by atoms with Gasteiger partial charge in [0.15, 0.2) is 4.67 Å². The lowest BCUT2D eigenvalue weighted by Crippen LogP contribution is -2.24. The van der Waals surface area contributed by atoms with Crippen LogP contribution in [0.1, 0.15) is 44.8 Å². The largest absolute Gasteiger partial charge is 0.452 e. The third kappa shape index (κ3) is 5.39. The van der Waals surface area contributed by atoms with E-state index in [1.807, 2.05) is 0 Å². The van der Waals surface area contributed by atoms with E-state index in [1.165, 1.54) is 12.8 Å². The molecule has 0 atom stereocenters. The Labute approximate surface area is 135 Å². The lowest BCUT2D eigenvalue weighted by molar-refractivity contribution is 0.461. The summed E-state index contributed by atoms with van der Waals surface area (Å²) in [5.41, 5.74) is 0. The van der Waals surface area contributed by atoms with Gasteiger partial charge in [0.2, 0.25) is 10.0 Å². The van der Waals surface area contributed by atoms with Crippen LogP contribution in [0.5, 0.6) is 0 Å². The minimum Gasteiger partial charge on any atom is -0.452 e. The van der Waals surface area contributed by atoms with Crippen LogP contribution in [0, 0.1) is 5.92 Å². The first-order chi connectivity index (χ1) is 10.0. The maximum absolute atomic E-state index is 12.2. The highest BCUT2D eigenvalue weighted by Gasteiger charge is 2.23. The molecule has 1 saturated carbocycles. The van der Waals surface area contributed by atoms with E-state index in [-0.39, 0.29) is 9.56 Å². The van der Waals surface area contributed by atoms with Gasteiger partial charge >= 0.3 is 0 Å². The molecule has 1 aliphatic rings. The molecule has 2 N–H and O–H groups in total. The molecule has 0 spiro atoms. The number of rotatable bonds is 10. The molecule has 7 heteroatoms. The van der Waals surface area contributed by atoms with Crippen molar-refractivity contribution in [2.24, 2.45) is 5.92 Å². The molecule has 0 amide bonds. The van der Waals surface area contributed by atoms with Crippen LogP contribution in [-0.2, 0) is 16.6 Å². The zero-order valence-corrected chi connectivity index (χ0v) is 14.7. The zero-order valence-electron chi connectivity index (χ0n) is 12.3. The molecule has 5 nitrogen and oxygen atoms in total. The Morgan fingerprint density at radius 3 is 2.81 bits per heavy atom. The molecule has 21 heavy (non-hydrogen) atoms. The van der Waals surface area contributed by atoms with Crippen LogP contribution in [0.4, 0.5) is 0 Å². The highest BCUT2D eigenvalue weighted by molar-refractivity contribution is 9.10. The molecule has 0 radical (unpaired) electrons. The number of hydrogen-bond acceptors (Lipinski definition) is 4. The van der Waals surface area contributed by atoms with E-state index in [0.29, 0.717) is 18.8 Å². The van der Waals surface area contributed by atoms with Gasteiger partial charge in [0.1, 0.15) is 10.7 Å². The number of furan rings is 1. The fraction of sp³-hybridized carbons (Fsp3) is 0.714. The molecule has 2 rings (SSSR count). The summed E-state index contributed by atoms with van der Waals surface area (Å²) in [6.45, 7) is 3.97. The predicted molar refractivity (Wildman–Crippen MR) is 85.6 cm³/mol. The minimum absolute atomic E-state index is 0.183. The highest BCUT2D eigenvalue weighted by Crippen LogP contribution is 2.33. The second-order valence-corrected chi connectivity index (χ2v) is 7.97. The topological polar surface area (TPSA) is 71.3 Å². The van der Waals surface area contributed by atoms with Crippen molar-refractivity contribution in [2.45, 2.75) is 50.5 Å². The second kappa shape index (κ2) is 7.76. The van der Waals surface area contributed by atoms with Gasteiger partial charge in [-0.05, 0) is 47.7 Å². The Hall–Kier alpha value is -0.370. The Balaban J connectivity index is 1.88. The van der Waals surface area contributed by atoms with Gasteiger partial charge in [-0.15, -0.1) is 0 Å². The molecular weight excluding hydrogens is 356 g/mol. The van der Waals surface area contributed by atoms with E-state index in [9.17, 15) is 8.42 Å². The summed E-state index contributed by atoms with van der Waals surface area (Å²) in [5, 5.41) is 3.19. The van der Waals surface area contributed by atoms with Crippen LogP contribution in [0.2, 0.25) is 0 Å². The SMILES string of the molecule is CCCNCc1cc(S(=O)(=O)NCCCC2CC2)c(Br)o1. The first kappa shape index (κ1) is 17.0. The standard InChI is InChI=1S/C14H23BrN2O3S/c1-2-7-16-10-12-9-13(14(15)20-12)21(18,19)17-8-3-4-11-5-6-11/h9,11,16-17H,2-8,10H2,1H3. The second-order valence-electron chi connectivity index (χ2n) is 5.51. The van der Waals surface area contributed by atoms with Gasteiger partial charge in [0.25, 0.3) is 0 Å². The molecule has 0 aromatic carbocycles. The van der Waals surface area contributed by atoms with Gasteiger partial charge < -0.3 is 9.73 Å². The summed E-state index contributed by atoms with van der Waals surface area (Å²) >= 11 is 3.19. The normalized spacial score (nSPS) is 15.5. The number of nitrogens with one attached hydrogen (secondary N) is 2. The maximum atomic E-state index is 12.2. The third-order valence-corrected chi connectivity index (χ3v) is 5.82. The van der Waals surface area contributed by atoms with Crippen molar-refractivity contribution in [3.8, 4) is 0 Å². The van der Waals surface area contributed by atoms with Crippen molar-refractivity contribution in [1.29, 1.82) is 0 Å². The van der Waals surface area contributed by atoms with Crippen molar-refractivity contribution >= 4 is 26.0 Å². The van der Waals surface area contributed by atoms with Gasteiger partial charge in [-0.3, -0.25) is 0 Å². The summed E-state index contributed by atoms with van der Waals surface area (Å²) in [6, 6.07) is 1.58. The van der Waals surface area contributed by atoms with E-state index < -0.39 is 10.0 Å². The first-order valence-corrected chi connectivity index (χ1v) is 9.79. The Morgan fingerprint density at radius 2 is 2.14 bits per heavy atom. The van der Waals surface area contributed by atoms with E-state index in [2.05, 4.69) is 32.9 Å². The summed E-state index contributed by atoms with van der Waals surface area (Å²) in [7, 11) is -3.50. The third-order valence-electron chi connectivity index (χ3n) is 3.50. The smallest absolute Gasteiger partial charge is 0.244 e. The fourth-order valence-electron chi connectivity index (χ4n) is 2.14. The number of hydrogen-bond donors (Lipinski definition) is 2. The van der Waals surface area contributed by atoms with E-state index in [1.54, 1.807) is 6.07 Å². The lowest BCUT2D eigenvalue weighted by Gasteiger charge is -2.04. The van der Waals surface area contributed by atoms with E-state index in [0.717, 1.165) is 31.7 Å². The quantitative estimate of drug-likeness (QED) is 0.613. The summed E-state index contributed by atoms with van der Waals surface area (Å²) in [5.74, 6) is 1.44. The van der Waals surface area contributed by atoms with Crippen LogP contribution < -0.4 is 10.0 Å². The van der Waals surface area contributed by atoms with Gasteiger partial charge in [-0.1, -0.05) is 19.8 Å². The minimum atomic E-state index is -3.50. The van der Waals surface area contributed by atoms with Gasteiger partial charge in [0, 0.05) is 12.6 Å². The molecule has 0 aliphatic heterocycles. The number of sulfonamides is 1. The van der Waals surface area contributed by atoms with Crippen molar-refractivity contribution in [3.05, 3.63) is 16.5 Å². The van der Waals surface area contributed by atoms with Crippen LogP contribution in [0.3, 0.4) is 0 Å². The highest BCUT2D eigenvalue weighted by atomic mass is 79.9. The molecule has 1 aromatic rings. The molecule has 120 valence electrons. The molecule has 1 fully saturated rings. The molecule has 0 saturated heterocycles. The van der Waals surface area contributed by atoms with Gasteiger partial charge in [-0.25, -0.2) is 13.1 Å².